The molecule has 1 saturated carbocycles. The minimum absolute atomic E-state index is 0.00136. The summed E-state index contributed by atoms with van der Waals surface area (Å²) in [7, 11) is 0. The van der Waals surface area contributed by atoms with Crippen molar-refractivity contribution < 1.29 is 14.7 Å². The number of carboxylic acids is 1. The molecule has 1 aromatic heterocycles. The number of rotatable bonds is 5. The van der Waals surface area contributed by atoms with Gasteiger partial charge in [-0.05, 0) is 25.7 Å². The van der Waals surface area contributed by atoms with Gasteiger partial charge in [0.2, 0.25) is 5.91 Å². The van der Waals surface area contributed by atoms with Gasteiger partial charge in [-0.3, -0.25) is 19.0 Å². The molecule has 0 aliphatic heterocycles. The van der Waals surface area contributed by atoms with Crippen molar-refractivity contribution in [2.45, 2.75) is 32.7 Å². The van der Waals surface area contributed by atoms with Crippen LogP contribution in [0, 0.1) is 18.8 Å². The molecule has 1 heterocycles. The second kappa shape index (κ2) is 6.21. The summed E-state index contributed by atoms with van der Waals surface area (Å²) in [5, 5.41) is 13.5. The van der Waals surface area contributed by atoms with Crippen LogP contribution in [-0.4, -0.2) is 28.1 Å². The average molecular weight is 298 g/mol. The Morgan fingerprint density at radius 1 is 1.50 bits per heavy atom. The van der Waals surface area contributed by atoms with Gasteiger partial charge in [0.05, 0.1) is 5.92 Å². The molecule has 0 bridgehead atoms. The molecule has 0 radical (unpaired) electrons. The smallest absolute Gasteiger partial charge is 0.307 e. The Kier molecular flexibility index (Phi) is 4.59. The minimum Gasteiger partial charge on any atom is -0.481 e. The molecule has 110 valence electrons. The van der Waals surface area contributed by atoms with Gasteiger partial charge in [-0.2, -0.15) is 0 Å². The van der Waals surface area contributed by atoms with Gasteiger partial charge in [0, 0.05) is 17.6 Å². The lowest BCUT2D eigenvalue weighted by molar-refractivity contribution is -0.143. The first-order chi connectivity index (χ1) is 9.49. The molecule has 1 aromatic rings. The number of nitrogens with one attached hydrogen (secondary N) is 1. The van der Waals surface area contributed by atoms with E-state index in [1.54, 1.807) is 12.3 Å². The highest BCUT2D eigenvalue weighted by Crippen LogP contribution is 2.31. The number of aromatic nitrogens is 1. The van der Waals surface area contributed by atoms with Gasteiger partial charge in [-0.1, -0.05) is 17.8 Å². The molecule has 2 atom stereocenters. The molecule has 1 fully saturated rings. The van der Waals surface area contributed by atoms with Crippen LogP contribution < -0.4 is 10.2 Å². The maximum Gasteiger partial charge on any atom is 0.307 e. The third kappa shape index (κ3) is 3.27. The highest BCUT2D eigenvalue weighted by molar-refractivity contribution is 7.07. The second-order valence-corrected chi connectivity index (χ2v) is 5.99. The first-order valence-corrected chi connectivity index (χ1v) is 7.51. The number of hydrogen-bond acceptors (Lipinski definition) is 4. The topological polar surface area (TPSA) is 88.4 Å². The summed E-state index contributed by atoms with van der Waals surface area (Å²) in [6.45, 7) is 2.15. The van der Waals surface area contributed by atoms with Gasteiger partial charge in [0.1, 0.15) is 6.54 Å². The van der Waals surface area contributed by atoms with Crippen molar-refractivity contribution >= 4 is 23.2 Å². The monoisotopic (exact) mass is 298 g/mol. The minimum atomic E-state index is -0.786. The van der Waals surface area contributed by atoms with Gasteiger partial charge in [0.25, 0.3) is 0 Å². The molecule has 20 heavy (non-hydrogen) atoms. The van der Waals surface area contributed by atoms with Crippen LogP contribution in [0.15, 0.2) is 10.2 Å². The van der Waals surface area contributed by atoms with E-state index in [9.17, 15) is 14.4 Å². The van der Waals surface area contributed by atoms with Crippen LogP contribution in [0.5, 0.6) is 0 Å². The number of amides is 1. The largest absolute Gasteiger partial charge is 0.481 e. The van der Waals surface area contributed by atoms with E-state index < -0.39 is 5.97 Å². The second-order valence-electron chi connectivity index (χ2n) is 5.17. The lowest BCUT2D eigenvalue weighted by atomic mass is 9.96. The molecule has 1 aliphatic rings. The summed E-state index contributed by atoms with van der Waals surface area (Å²) in [6, 6.07) is 0. The number of nitrogens with zero attached hydrogens (tertiary/aromatic N) is 1. The Morgan fingerprint density at radius 2 is 2.25 bits per heavy atom. The zero-order valence-electron chi connectivity index (χ0n) is 11.3. The van der Waals surface area contributed by atoms with Crippen LogP contribution in [0.25, 0.3) is 0 Å². The predicted octanol–water partition coefficient (Wildman–Crippen LogP) is 0.835. The van der Waals surface area contributed by atoms with Gasteiger partial charge < -0.3 is 10.4 Å². The lowest BCUT2D eigenvalue weighted by Crippen LogP contribution is -2.36. The Bertz CT molecular complexity index is 563. The number of hydrogen-bond donors (Lipinski definition) is 2. The zero-order valence-corrected chi connectivity index (χ0v) is 12.1. The third-order valence-electron chi connectivity index (χ3n) is 3.82. The summed E-state index contributed by atoms with van der Waals surface area (Å²) < 4.78 is 1.42. The SMILES string of the molecule is Cc1csc(=O)n1CC(=O)NCC1CCCC1C(=O)O. The van der Waals surface area contributed by atoms with E-state index >= 15 is 0 Å². The molecular weight excluding hydrogens is 280 g/mol. The van der Waals surface area contributed by atoms with Crippen molar-refractivity contribution in [3.63, 3.8) is 0 Å². The molecule has 7 heteroatoms. The third-order valence-corrected chi connectivity index (χ3v) is 4.70. The fourth-order valence-electron chi connectivity index (χ4n) is 2.65. The Labute approximate surface area is 120 Å². The van der Waals surface area contributed by atoms with E-state index in [2.05, 4.69) is 5.32 Å². The van der Waals surface area contributed by atoms with E-state index in [0.717, 1.165) is 29.9 Å². The first kappa shape index (κ1) is 14.8. The molecule has 2 rings (SSSR count). The Morgan fingerprint density at radius 3 is 2.85 bits per heavy atom. The van der Waals surface area contributed by atoms with Gasteiger partial charge in [0.15, 0.2) is 0 Å². The van der Waals surface area contributed by atoms with E-state index in [1.165, 1.54) is 4.57 Å². The van der Waals surface area contributed by atoms with Crippen LogP contribution in [0.1, 0.15) is 25.0 Å². The van der Waals surface area contributed by atoms with Crippen LogP contribution in [-0.2, 0) is 16.1 Å². The number of carbonyl (C=O) groups excluding carboxylic acids is 1. The van der Waals surface area contributed by atoms with Crippen molar-refractivity contribution in [1.29, 1.82) is 0 Å². The maximum atomic E-state index is 11.8. The lowest BCUT2D eigenvalue weighted by Gasteiger charge is -2.16. The summed E-state index contributed by atoms with van der Waals surface area (Å²) in [6.07, 6.45) is 2.40. The van der Waals surface area contributed by atoms with E-state index in [0.29, 0.717) is 13.0 Å². The highest BCUT2D eigenvalue weighted by Gasteiger charge is 2.32. The van der Waals surface area contributed by atoms with Crippen molar-refractivity contribution in [2.75, 3.05) is 6.54 Å². The summed E-state index contributed by atoms with van der Waals surface area (Å²) in [5.41, 5.74) is 0.763. The number of carbonyl (C=O) groups is 2. The highest BCUT2D eigenvalue weighted by atomic mass is 32.1. The molecule has 1 aliphatic carbocycles. The normalized spacial score (nSPS) is 21.9. The van der Waals surface area contributed by atoms with Gasteiger partial charge in [-0.25, -0.2) is 0 Å². The van der Waals surface area contributed by atoms with Crippen molar-refractivity contribution in [3.8, 4) is 0 Å². The van der Waals surface area contributed by atoms with E-state index in [1.807, 2.05) is 0 Å². The summed E-state index contributed by atoms with van der Waals surface area (Å²) >= 11 is 1.07. The van der Waals surface area contributed by atoms with Crippen LogP contribution in [0.3, 0.4) is 0 Å². The molecule has 1 amide bonds. The Balaban J connectivity index is 1.87. The quantitative estimate of drug-likeness (QED) is 0.843. The Hall–Kier alpha value is -1.63. The summed E-state index contributed by atoms with van der Waals surface area (Å²) in [5.74, 6) is -1.39. The number of aliphatic carboxylic acids is 1. The van der Waals surface area contributed by atoms with E-state index in [4.69, 9.17) is 5.11 Å². The molecule has 0 saturated heterocycles. The average Bonchev–Trinajstić information content (AvgIpc) is 2.98. The zero-order chi connectivity index (χ0) is 14.7. The molecule has 6 nitrogen and oxygen atoms in total. The standard InChI is InChI=1S/C13H18N2O4S/c1-8-7-20-13(19)15(8)6-11(16)14-5-9-3-2-4-10(9)12(17)18/h7,9-10H,2-6H2,1H3,(H,14,16)(H,17,18). The molecule has 0 aromatic carbocycles. The first-order valence-electron chi connectivity index (χ1n) is 6.63. The van der Waals surface area contributed by atoms with Crippen molar-refractivity contribution in [1.82, 2.24) is 9.88 Å². The van der Waals surface area contributed by atoms with Crippen molar-refractivity contribution in [2.24, 2.45) is 11.8 Å². The van der Waals surface area contributed by atoms with Crippen LogP contribution in [0.2, 0.25) is 0 Å². The number of aryl methyl sites for hydroxylation is 1. The van der Waals surface area contributed by atoms with Crippen LogP contribution >= 0.6 is 11.3 Å². The molecule has 0 spiro atoms. The molecule has 2 unspecified atom stereocenters. The fourth-order valence-corrected chi connectivity index (χ4v) is 3.38. The fraction of sp³-hybridized carbons (Fsp3) is 0.615. The molecular formula is C13H18N2O4S. The number of carboxylic acid groups (broad SMARTS) is 1. The van der Waals surface area contributed by atoms with Gasteiger partial charge in [-0.15, -0.1) is 0 Å². The van der Waals surface area contributed by atoms with Gasteiger partial charge >= 0.3 is 10.8 Å². The van der Waals surface area contributed by atoms with E-state index in [-0.39, 0.29) is 29.2 Å². The van der Waals surface area contributed by atoms with Crippen molar-refractivity contribution in [3.05, 3.63) is 20.7 Å². The predicted molar refractivity (Wildman–Crippen MR) is 74.8 cm³/mol. The number of thiazole rings is 1. The summed E-state index contributed by atoms with van der Waals surface area (Å²) in [4.78, 5) is 34.2. The molecule has 2 N–H and O–H groups in total. The van der Waals surface area contributed by atoms with Crippen LogP contribution in [0.4, 0.5) is 0 Å². The maximum absolute atomic E-state index is 11.8.